The Morgan fingerprint density at radius 2 is 2.06 bits per heavy atom. The van der Waals surface area contributed by atoms with Crippen molar-refractivity contribution in [3.8, 4) is 0 Å². The van der Waals surface area contributed by atoms with Gasteiger partial charge in [0.1, 0.15) is 0 Å². The van der Waals surface area contributed by atoms with Crippen molar-refractivity contribution in [1.82, 2.24) is 4.98 Å². The number of hydrogen-bond donors (Lipinski definition) is 2. The molecule has 0 aliphatic heterocycles. The summed E-state index contributed by atoms with van der Waals surface area (Å²) >= 11 is 0. The molecule has 18 heavy (non-hydrogen) atoms. The normalized spacial score (nSPS) is 22.3. The Labute approximate surface area is 109 Å². The van der Waals surface area contributed by atoms with Gasteiger partial charge in [0.05, 0.1) is 29.9 Å². The molecule has 2 rings (SSSR count). The van der Waals surface area contributed by atoms with Gasteiger partial charge in [0.2, 0.25) is 0 Å². The molecule has 1 aliphatic rings. The van der Waals surface area contributed by atoms with Gasteiger partial charge >= 0.3 is 0 Å². The Balaban J connectivity index is 1.79. The fourth-order valence-corrected chi connectivity index (χ4v) is 2.18. The second-order valence-corrected chi connectivity index (χ2v) is 4.78. The maximum absolute atomic E-state index is 5.55. The fraction of sp³-hybridized carbons (Fsp3) is 0.643. The van der Waals surface area contributed by atoms with Gasteiger partial charge in [0.25, 0.3) is 0 Å². The molecule has 0 bridgehead atoms. The minimum atomic E-state index is 0.446. The van der Waals surface area contributed by atoms with Crippen LogP contribution >= 0.6 is 0 Å². The SMILES string of the molecule is CCCNc1cncc(NC2CC(OCC)C2)c1. The smallest absolute Gasteiger partial charge is 0.0614 e. The molecule has 0 radical (unpaired) electrons. The van der Waals surface area contributed by atoms with E-state index in [1.807, 2.05) is 19.3 Å². The molecule has 1 aromatic rings. The van der Waals surface area contributed by atoms with Crippen LogP contribution in [0.15, 0.2) is 18.5 Å². The van der Waals surface area contributed by atoms with Crippen LogP contribution in [-0.2, 0) is 4.74 Å². The Morgan fingerprint density at radius 3 is 2.78 bits per heavy atom. The number of aromatic nitrogens is 1. The van der Waals surface area contributed by atoms with Crippen LogP contribution in [-0.4, -0.2) is 30.3 Å². The van der Waals surface area contributed by atoms with E-state index in [0.717, 1.165) is 43.8 Å². The molecule has 2 N–H and O–H groups in total. The third-order valence-corrected chi connectivity index (χ3v) is 3.19. The molecule has 100 valence electrons. The molecule has 0 saturated heterocycles. The number of hydrogen-bond acceptors (Lipinski definition) is 4. The van der Waals surface area contributed by atoms with Crippen molar-refractivity contribution in [3.63, 3.8) is 0 Å². The first-order chi connectivity index (χ1) is 8.81. The average Bonchev–Trinajstić information content (AvgIpc) is 2.34. The first-order valence-electron chi connectivity index (χ1n) is 6.88. The van der Waals surface area contributed by atoms with Crippen LogP contribution in [0.1, 0.15) is 33.1 Å². The molecule has 0 unspecified atom stereocenters. The van der Waals surface area contributed by atoms with Gasteiger partial charge in [-0.15, -0.1) is 0 Å². The van der Waals surface area contributed by atoms with Gasteiger partial charge in [0.15, 0.2) is 0 Å². The zero-order chi connectivity index (χ0) is 12.8. The summed E-state index contributed by atoms with van der Waals surface area (Å²) in [5.74, 6) is 0. The summed E-state index contributed by atoms with van der Waals surface area (Å²) < 4.78 is 5.55. The Kier molecular flexibility index (Phi) is 4.81. The van der Waals surface area contributed by atoms with Crippen LogP contribution in [0.4, 0.5) is 11.4 Å². The molecular formula is C14H23N3O. The van der Waals surface area contributed by atoms with Crippen LogP contribution in [0.3, 0.4) is 0 Å². The lowest BCUT2D eigenvalue weighted by molar-refractivity contribution is 0.00299. The predicted octanol–water partition coefficient (Wildman–Crippen LogP) is 2.88. The minimum Gasteiger partial charge on any atom is -0.384 e. The minimum absolute atomic E-state index is 0.446. The maximum atomic E-state index is 5.55. The molecule has 1 aliphatic carbocycles. The molecule has 0 atom stereocenters. The van der Waals surface area contributed by atoms with Gasteiger partial charge in [-0.1, -0.05) is 6.92 Å². The number of rotatable bonds is 7. The maximum Gasteiger partial charge on any atom is 0.0614 e. The first-order valence-corrected chi connectivity index (χ1v) is 6.88. The van der Waals surface area contributed by atoms with Gasteiger partial charge in [-0.3, -0.25) is 4.98 Å². The van der Waals surface area contributed by atoms with Crippen molar-refractivity contribution in [2.45, 2.75) is 45.3 Å². The molecule has 4 nitrogen and oxygen atoms in total. The van der Waals surface area contributed by atoms with Crippen LogP contribution in [0.25, 0.3) is 0 Å². The summed E-state index contributed by atoms with van der Waals surface area (Å²) in [7, 11) is 0. The lowest BCUT2D eigenvalue weighted by Gasteiger charge is -2.36. The predicted molar refractivity (Wildman–Crippen MR) is 75.1 cm³/mol. The van der Waals surface area contributed by atoms with E-state index in [-0.39, 0.29) is 0 Å². The lowest BCUT2D eigenvalue weighted by Crippen LogP contribution is -2.40. The number of nitrogens with zero attached hydrogens (tertiary/aromatic N) is 1. The molecule has 0 spiro atoms. The fourth-order valence-electron chi connectivity index (χ4n) is 2.18. The largest absolute Gasteiger partial charge is 0.384 e. The summed E-state index contributed by atoms with van der Waals surface area (Å²) in [6, 6.07) is 2.65. The van der Waals surface area contributed by atoms with E-state index in [1.165, 1.54) is 0 Å². The van der Waals surface area contributed by atoms with Crippen molar-refractivity contribution in [1.29, 1.82) is 0 Å². The molecule has 1 saturated carbocycles. The third-order valence-electron chi connectivity index (χ3n) is 3.19. The number of ether oxygens (including phenoxy) is 1. The van der Waals surface area contributed by atoms with Crippen molar-refractivity contribution in [2.75, 3.05) is 23.8 Å². The molecule has 1 fully saturated rings. The van der Waals surface area contributed by atoms with Gasteiger partial charge in [-0.2, -0.15) is 0 Å². The zero-order valence-corrected chi connectivity index (χ0v) is 11.3. The van der Waals surface area contributed by atoms with Gasteiger partial charge in [-0.05, 0) is 32.3 Å². The first kappa shape index (κ1) is 13.1. The van der Waals surface area contributed by atoms with E-state index in [2.05, 4.69) is 28.6 Å². The summed E-state index contributed by atoms with van der Waals surface area (Å²) in [6.07, 6.45) is 7.51. The quantitative estimate of drug-likeness (QED) is 0.780. The van der Waals surface area contributed by atoms with Crippen LogP contribution in [0.5, 0.6) is 0 Å². The van der Waals surface area contributed by atoms with E-state index in [0.29, 0.717) is 12.1 Å². The second-order valence-electron chi connectivity index (χ2n) is 4.78. The number of pyridine rings is 1. The highest BCUT2D eigenvalue weighted by Crippen LogP contribution is 2.27. The molecule has 1 heterocycles. The van der Waals surface area contributed by atoms with Crippen molar-refractivity contribution < 1.29 is 4.74 Å². The van der Waals surface area contributed by atoms with Gasteiger partial charge < -0.3 is 15.4 Å². The van der Waals surface area contributed by atoms with Gasteiger partial charge in [-0.25, -0.2) is 0 Å². The highest BCUT2D eigenvalue weighted by molar-refractivity contribution is 5.54. The monoisotopic (exact) mass is 249 g/mol. The summed E-state index contributed by atoms with van der Waals surface area (Å²) in [5, 5.41) is 6.85. The van der Waals surface area contributed by atoms with E-state index < -0.39 is 0 Å². The summed E-state index contributed by atoms with van der Waals surface area (Å²) in [5.41, 5.74) is 2.18. The van der Waals surface area contributed by atoms with Crippen molar-refractivity contribution in [3.05, 3.63) is 18.5 Å². The molecular weight excluding hydrogens is 226 g/mol. The standard InChI is InChI=1S/C14H23N3O/c1-3-5-16-12-6-13(10-15-9-12)17-11-7-14(8-11)18-4-2/h6,9-11,14,16-17H,3-5,7-8H2,1-2H3. The summed E-state index contributed by atoms with van der Waals surface area (Å²) in [6.45, 7) is 6.01. The summed E-state index contributed by atoms with van der Waals surface area (Å²) in [4.78, 5) is 4.25. The van der Waals surface area contributed by atoms with E-state index in [4.69, 9.17) is 4.74 Å². The third kappa shape index (κ3) is 3.60. The Bertz CT molecular complexity index is 364. The number of nitrogens with one attached hydrogen (secondary N) is 2. The van der Waals surface area contributed by atoms with E-state index >= 15 is 0 Å². The van der Waals surface area contributed by atoms with Crippen molar-refractivity contribution in [2.24, 2.45) is 0 Å². The topological polar surface area (TPSA) is 46.2 Å². The molecule has 0 amide bonds. The lowest BCUT2D eigenvalue weighted by atomic mass is 9.89. The molecule has 4 heteroatoms. The highest BCUT2D eigenvalue weighted by Gasteiger charge is 2.29. The van der Waals surface area contributed by atoms with Gasteiger partial charge in [0, 0.05) is 19.2 Å². The van der Waals surface area contributed by atoms with Crippen LogP contribution in [0, 0.1) is 0 Å². The Hall–Kier alpha value is -1.29. The molecule has 0 aromatic carbocycles. The zero-order valence-electron chi connectivity index (χ0n) is 11.3. The van der Waals surface area contributed by atoms with E-state index in [9.17, 15) is 0 Å². The number of anilines is 2. The molecule has 1 aromatic heterocycles. The van der Waals surface area contributed by atoms with Crippen LogP contribution in [0.2, 0.25) is 0 Å². The average molecular weight is 249 g/mol. The highest BCUT2D eigenvalue weighted by atomic mass is 16.5. The second kappa shape index (κ2) is 6.59. The Morgan fingerprint density at radius 1 is 1.28 bits per heavy atom. The van der Waals surface area contributed by atoms with Crippen molar-refractivity contribution >= 4 is 11.4 Å². The van der Waals surface area contributed by atoms with E-state index in [1.54, 1.807) is 0 Å². The van der Waals surface area contributed by atoms with Crippen LogP contribution < -0.4 is 10.6 Å².